The molecule has 94 valence electrons. The first-order valence-corrected chi connectivity index (χ1v) is 5.87. The van der Waals surface area contributed by atoms with Crippen LogP contribution in [0.15, 0.2) is 42.6 Å². The van der Waals surface area contributed by atoms with Crippen molar-refractivity contribution in [1.29, 1.82) is 0 Å². The number of aromatic nitrogens is 1. The highest BCUT2D eigenvalue weighted by Gasteiger charge is 2.01. The Morgan fingerprint density at radius 2 is 2.06 bits per heavy atom. The monoisotopic (exact) mass is 243 g/mol. The molecule has 4 heteroatoms. The average molecular weight is 243 g/mol. The maximum Gasteiger partial charge on any atom is 0.123 e. The fourth-order valence-corrected chi connectivity index (χ4v) is 1.76. The molecule has 0 atom stereocenters. The van der Waals surface area contributed by atoms with Gasteiger partial charge in [-0.1, -0.05) is 18.2 Å². The third kappa shape index (κ3) is 3.13. The van der Waals surface area contributed by atoms with Crippen LogP contribution in [0.2, 0.25) is 0 Å². The van der Waals surface area contributed by atoms with E-state index in [1.807, 2.05) is 24.3 Å². The van der Waals surface area contributed by atoms with Crippen LogP contribution < -0.4 is 15.8 Å². The molecular weight excluding hydrogens is 226 g/mol. The zero-order valence-electron chi connectivity index (χ0n) is 10.4. The highest BCUT2D eigenvalue weighted by Crippen LogP contribution is 2.17. The Kier molecular flexibility index (Phi) is 4.02. The predicted molar refractivity (Wildman–Crippen MR) is 73.8 cm³/mol. The van der Waals surface area contributed by atoms with Gasteiger partial charge in [-0.2, -0.15) is 0 Å². The molecule has 1 heterocycles. The molecule has 0 amide bonds. The number of hydrogen-bond acceptors (Lipinski definition) is 4. The number of nitrogens with two attached hydrogens (primary N) is 1. The topological polar surface area (TPSA) is 60.2 Å². The summed E-state index contributed by atoms with van der Waals surface area (Å²) in [6.07, 6.45) is 2.63. The fourth-order valence-electron chi connectivity index (χ4n) is 1.76. The molecule has 3 N–H and O–H groups in total. The molecule has 0 radical (unpaired) electrons. The second kappa shape index (κ2) is 5.91. The van der Waals surface area contributed by atoms with Crippen LogP contribution in [0, 0.1) is 0 Å². The van der Waals surface area contributed by atoms with Crippen LogP contribution in [0.3, 0.4) is 0 Å². The van der Waals surface area contributed by atoms with Crippen molar-refractivity contribution in [2.45, 2.75) is 6.42 Å². The van der Waals surface area contributed by atoms with Crippen molar-refractivity contribution in [1.82, 2.24) is 4.98 Å². The largest absolute Gasteiger partial charge is 0.496 e. The van der Waals surface area contributed by atoms with Gasteiger partial charge >= 0.3 is 0 Å². The van der Waals surface area contributed by atoms with E-state index in [0.717, 1.165) is 24.4 Å². The van der Waals surface area contributed by atoms with E-state index in [4.69, 9.17) is 10.5 Å². The number of ether oxygens (including phenoxy) is 1. The van der Waals surface area contributed by atoms with Gasteiger partial charge in [0.15, 0.2) is 0 Å². The van der Waals surface area contributed by atoms with Gasteiger partial charge in [0, 0.05) is 6.54 Å². The Labute approximate surface area is 107 Å². The molecule has 0 aliphatic rings. The molecule has 0 unspecified atom stereocenters. The zero-order chi connectivity index (χ0) is 12.8. The lowest BCUT2D eigenvalue weighted by Crippen LogP contribution is -2.06. The summed E-state index contributed by atoms with van der Waals surface area (Å²) < 4.78 is 5.31. The van der Waals surface area contributed by atoms with E-state index in [0.29, 0.717) is 5.82 Å². The normalized spacial score (nSPS) is 10.1. The van der Waals surface area contributed by atoms with Crippen LogP contribution in [-0.2, 0) is 6.42 Å². The van der Waals surface area contributed by atoms with Crippen molar-refractivity contribution in [3.05, 3.63) is 48.2 Å². The van der Waals surface area contributed by atoms with Gasteiger partial charge in [0.25, 0.3) is 0 Å². The molecule has 2 aromatic rings. The lowest BCUT2D eigenvalue weighted by molar-refractivity contribution is 0.410. The molecule has 1 aromatic heterocycles. The first-order chi connectivity index (χ1) is 8.79. The Morgan fingerprint density at radius 1 is 1.22 bits per heavy atom. The molecule has 2 rings (SSSR count). The van der Waals surface area contributed by atoms with Crippen molar-refractivity contribution in [3.8, 4) is 5.75 Å². The number of methoxy groups -OCH3 is 1. The van der Waals surface area contributed by atoms with Gasteiger partial charge in [0.1, 0.15) is 11.6 Å². The summed E-state index contributed by atoms with van der Waals surface area (Å²) in [7, 11) is 1.69. The predicted octanol–water partition coefficient (Wildman–Crippen LogP) is 2.33. The van der Waals surface area contributed by atoms with Crippen molar-refractivity contribution >= 4 is 11.5 Å². The van der Waals surface area contributed by atoms with Crippen molar-refractivity contribution < 1.29 is 4.74 Å². The summed E-state index contributed by atoms with van der Waals surface area (Å²) in [6.45, 7) is 0.825. The number of para-hydroxylation sites is 1. The number of nitrogen functional groups attached to an aromatic ring is 1. The number of nitrogens with zero attached hydrogens (tertiary/aromatic N) is 1. The third-order valence-corrected chi connectivity index (χ3v) is 2.70. The number of benzene rings is 1. The number of nitrogens with one attached hydrogen (secondary N) is 1. The minimum Gasteiger partial charge on any atom is -0.496 e. The summed E-state index contributed by atoms with van der Waals surface area (Å²) >= 11 is 0. The Balaban J connectivity index is 1.90. The molecule has 0 saturated carbocycles. The van der Waals surface area contributed by atoms with Gasteiger partial charge in [-0.05, 0) is 30.2 Å². The average Bonchev–Trinajstić information content (AvgIpc) is 2.41. The number of hydrogen-bond donors (Lipinski definition) is 2. The highest BCUT2D eigenvalue weighted by atomic mass is 16.5. The van der Waals surface area contributed by atoms with E-state index in [1.54, 1.807) is 19.4 Å². The number of rotatable bonds is 5. The molecule has 1 aromatic carbocycles. The molecule has 0 aliphatic heterocycles. The standard InChI is InChI=1S/C14H17N3O/c1-18-13-5-3-2-4-11(13)8-9-16-12-6-7-14(15)17-10-12/h2-7,10,16H,8-9H2,1H3,(H2,15,17). The Bertz CT molecular complexity index is 497. The van der Waals surface area contributed by atoms with Crippen molar-refractivity contribution in [2.75, 3.05) is 24.7 Å². The lowest BCUT2D eigenvalue weighted by atomic mass is 10.1. The summed E-state index contributed by atoms with van der Waals surface area (Å²) in [5.74, 6) is 1.46. The van der Waals surface area contributed by atoms with Gasteiger partial charge in [-0.3, -0.25) is 0 Å². The van der Waals surface area contributed by atoms with E-state index in [-0.39, 0.29) is 0 Å². The van der Waals surface area contributed by atoms with E-state index >= 15 is 0 Å². The van der Waals surface area contributed by atoms with Crippen LogP contribution in [0.25, 0.3) is 0 Å². The fraction of sp³-hybridized carbons (Fsp3) is 0.214. The van der Waals surface area contributed by atoms with E-state index in [9.17, 15) is 0 Å². The first-order valence-electron chi connectivity index (χ1n) is 5.87. The van der Waals surface area contributed by atoms with Gasteiger partial charge in [-0.15, -0.1) is 0 Å². The Morgan fingerprint density at radius 3 is 2.78 bits per heavy atom. The molecule has 0 fully saturated rings. The minimum atomic E-state index is 0.533. The van der Waals surface area contributed by atoms with Crippen molar-refractivity contribution in [2.24, 2.45) is 0 Å². The van der Waals surface area contributed by atoms with Crippen molar-refractivity contribution in [3.63, 3.8) is 0 Å². The SMILES string of the molecule is COc1ccccc1CCNc1ccc(N)nc1. The van der Waals surface area contributed by atoms with Gasteiger partial charge in [-0.25, -0.2) is 4.98 Å². The van der Waals surface area contributed by atoms with Crippen LogP contribution in [0.1, 0.15) is 5.56 Å². The van der Waals surface area contributed by atoms with E-state index < -0.39 is 0 Å². The second-order valence-corrected chi connectivity index (χ2v) is 3.96. The first kappa shape index (κ1) is 12.2. The molecule has 0 aliphatic carbocycles. The summed E-state index contributed by atoms with van der Waals surface area (Å²) in [5, 5.41) is 3.30. The maximum absolute atomic E-state index is 5.53. The lowest BCUT2D eigenvalue weighted by Gasteiger charge is -2.09. The quantitative estimate of drug-likeness (QED) is 0.846. The van der Waals surface area contributed by atoms with Crippen LogP contribution in [0.5, 0.6) is 5.75 Å². The second-order valence-electron chi connectivity index (χ2n) is 3.96. The summed E-state index contributed by atoms with van der Waals surface area (Å²) in [4.78, 5) is 4.03. The smallest absolute Gasteiger partial charge is 0.123 e. The third-order valence-electron chi connectivity index (χ3n) is 2.70. The van der Waals surface area contributed by atoms with E-state index in [2.05, 4.69) is 16.4 Å². The molecule has 0 saturated heterocycles. The maximum atomic E-state index is 5.53. The zero-order valence-corrected chi connectivity index (χ0v) is 10.4. The van der Waals surface area contributed by atoms with Gasteiger partial charge in [0.2, 0.25) is 0 Å². The van der Waals surface area contributed by atoms with E-state index in [1.165, 1.54) is 5.56 Å². The molecule has 4 nitrogen and oxygen atoms in total. The van der Waals surface area contributed by atoms with Gasteiger partial charge in [0.05, 0.1) is 19.0 Å². The molecule has 0 bridgehead atoms. The van der Waals surface area contributed by atoms with Crippen LogP contribution >= 0.6 is 0 Å². The Hall–Kier alpha value is -2.23. The molecule has 0 spiro atoms. The van der Waals surface area contributed by atoms with Crippen LogP contribution in [-0.4, -0.2) is 18.6 Å². The molecular formula is C14H17N3O. The number of pyridine rings is 1. The minimum absolute atomic E-state index is 0.533. The van der Waals surface area contributed by atoms with Gasteiger partial charge < -0.3 is 15.8 Å². The van der Waals surface area contributed by atoms with Crippen LogP contribution in [0.4, 0.5) is 11.5 Å². The summed E-state index contributed by atoms with van der Waals surface area (Å²) in [6, 6.07) is 11.7. The number of anilines is 2. The highest BCUT2D eigenvalue weighted by molar-refractivity contribution is 5.45. The summed E-state index contributed by atoms with van der Waals surface area (Å²) in [5.41, 5.74) is 7.69. The molecule has 18 heavy (non-hydrogen) atoms.